The Morgan fingerprint density at radius 2 is 2.11 bits per heavy atom. The fourth-order valence-electron chi connectivity index (χ4n) is 2.44. The van der Waals surface area contributed by atoms with E-state index in [4.69, 9.17) is 4.74 Å². The van der Waals surface area contributed by atoms with E-state index >= 15 is 0 Å². The van der Waals surface area contributed by atoms with Gasteiger partial charge in [-0.25, -0.2) is 5.43 Å². The highest BCUT2D eigenvalue weighted by Gasteiger charge is 2.07. The first-order valence-electron chi connectivity index (χ1n) is 8.02. The maximum Gasteiger partial charge on any atom is 0.271 e. The number of methoxy groups -OCH3 is 1. The Morgan fingerprint density at radius 3 is 2.78 bits per heavy atom. The largest absolute Gasteiger partial charge is 0.508 e. The second-order valence-electron chi connectivity index (χ2n) is 5.67. The molecule has 0 aliphatic carbocycles. The Labute approximate surface area is 164 Å². The third-order valence-electron chi connectivity index (χ3n) is 3.75. The number of nitrogens with one attached hydrogen (secondary N) is 1. The lowest BCUT2D eigenvalue weighted by molar-refractivity contribution is 0.0955. The molecule has 2 N–H and O–H groups in total. The lowest BCUT2D eigenvalue weighted by Gasteiger charge is -2.09. The number of aromatic hydroxyl groups is 1. The Hall–Kier alpha value is -3.13. The van der Waals surface area contributed by atoms with Crippen molar-refractivity contribution in [2.75, 3.05) is 7.11 Å². The number of aromatic nitrogens is 2. The Bertz CT molecular complexity index is 967. The number of hydrazone groups is 1. The van der Waals surface area contributed by atoms with Crippen LogP contribution in [0.3, 0.4) is 0 Å². The average molecular weight is 429 g/mol. The number of carbonyl (C=O) groups excluding carboxylic acids is 1. The molecule has 1 heterocycles. The van der Waals surface area contributed by atoms with Crippen molar-refractivity contribution in [1.29, 1.82) is 0 Å². The SMILES string of the molecule is COc1ccc(/C=N/NC(=O)c2ccc(O)cc2)cc1Cn1cc(Br)cn1. The average Bonchev–Trinajstić information content (AvgIpc) is 3.07. The summed E-state index contributed by atoms with van der Waals surface area (Å²) in [5, 5.41) is 17.5. The van der Waals surface area contributed by atoms with Gasteiger partial charge in [0, 0.05) is 17.3 Å². The van der Waals surface area contributed by atoms with E-state index in [0.29, 0.717) is 12.1 Å². The molecule has 0 aliphatic rings. The van der Waals surface area contributed by atoms with Crippen molar-refractivity contribution in [3.05, 3.63) is 76.0 Å². The zero-order chi connectivity index (χ0) is 19.2. The van der Waals surface area contributed by atoms with E-state index in [9.17, 15) is 9.90 Å². The predicted octanol–water partition coefficient (Wildman–Crippen LogP) is 3.17. The molecule has 0 fully saturated rings. The molecule has 0 saturated carbocycles. The van der Waals surface area contributed by atoms with Crippen molar-refractivity contribution in [2.45, 2.75) is 6.54 Å². The van der Waals surface area contributed by atoms with Crippen molar-refractivity contribution in [1.82, 2.24) is 15.2 Å². The van der Waals surface area contributed by atoms with Gasteiger partial charge in [0.15, 0.2) is 0 Å². The zero-order valence-corrected chi connectivity index (χ0v) is 16.0. The van der Waals surface area contributed by atoms with E-state index in [1.54, 1.807) is 24.2 Å². The van der Waals surface area contributed by atoms with Crippen LogP contribution in [-0.4, -0.2) is 34.1 Å². The number of phenolic OH excluding ortho intramolecular Hbond substituents is 1. The topological polar surface area (TPSA) is 88.7 Å². The van der Waals surface area contributed by atoms with Gasteiger partial charge in [0.25, 0.3) is 5.91 Å². The summed E-state index contributed by atoms with van der Waals surface area (Å²) in [7, 11) is 1.61. The van der Waals surface area contributed by atoms with E-state index in [2.05, 4.69) is 31.6 Å². The summed E-state index contributed by atoms with van der Waals surface area (Å²) in [6.45, 7) is 0.538. The molecule has 2 aromatic carbocycles. The van der Waals surface area contributed by atoms with Crippen molar-refractivity contribution in [3.63, 3.8) is 0 Å². The van der Waals surface area contributed by atoms with E-state index in [1.807, 2.05) is 24.4 Å². The number of rotatable bonds is 6. The molecule has 3 aromatic rings. The minimum absolute atomic E-state index is 0.102. The summed E-state index contributed by atoms with van der Waals surface area (Å²) in [4.78, 5) is 12.0. The van der Waals surface area contributed by atoms with Gasteiger partial charge in [-0.15, -0.1) is 0 Å². The molecule has 1 amide bonds. The molecule has 0 atom stereocenters. The van der Waals surface area contributed by atoms with Crippen LogP contribution < -0.4 is 10.2 Å². The number of hydrogen-bond donors (Lipinski definition) is 2. The first kappa shape index (κ1) is 18.7. The van der Waals surface area contributed by atoms with Crippen LogP contribution in [0.2, 0.25) is 0 Å². The van der Waals surface area contributed by atoms with Crippen LogP contribution >= 0.6 is 15.9 Å². The van der Waals surface area contributed by atoms with Gasteiger partial charge in [-0.2, -0.15) is 10.2 Å². The molecule has 7 nitrogen and oxygen atoms in total. The number of phenols is 1. The summed E-state index contributed by atoms with van der Waals surface area (Å²) in [5.41, 5.74) is 4.61. The zero-order valence-electron chi connectivity index (χ0n) is 14.5. The second kappa shape index (κ2) is 8.50. The monoisotopic (exact) mass is 428 g/mol. The van der Waals surface area contributed by atoms with Crippen LogP contribution in [0.25, 0.3) is 0 Å². The van der Waals surface area contributed by atoms with Gasteiger partial charge in [-0.05, 0) is 64.0 Å². The highest BCUT2D eigenvalue weighted by Crippen LogP contribution is 2.21. The second-order valence-corrected chi connectivity index (χ2v) is 6.59. The molecular formula is C19H17BrN4O3. The summed E-state index contributed by atoms with van der Waals surface area (Å²) >= 11 is 3.38. The molecule has 138 valence electrons. The van der Waals surface area contributed by atoms with E-state index < -0.39 is 0 Å². The highest BCUT2D eigenvalue weighted by molar-refractivity contribution is 9.10. The molecule has 1 aromatic heterocycles. The number of benzene rings is 2. The van der Waals surface area contributed by atoms with Crippen molar-refractivity contribution in [3.8, 4) is 11.5 Å². The van der Waals surface area contributed by atoms with Gasteiger partial charge < -0.3 is 9.84 Å². The van der Waals surface area contributed by atoms with Crippen LogP contribution in [0.5, 0.6) is 11.5 Å². The lowest BCUT2D eigenvalue weighted by atomic mass is 10.1. The molecule has 3 rings (SSSR count). The van der Waals surface area contributed by atoms with Crippen molar-refractivity contribution < 1.29 is 14.6 Å². The van der Waals surface area contributed by atoms with Gasteiger partial charge in [-0.3, -0.25) is 9.48 Å². The number of nitrogens with zero attached hydrogens (tertiary/aromatic N) is 3. The van der Waals surface area contributed by atoms with Gasteiger partial charge in [0.2, 0.25) is 0 Å². The van der Waals surface area contributed by atoms with Gasteiger partial charge in [0.1, 0.15) is 11.5 Å². The third-order valence-corrected chi connectivity index (χ3v) is 4.16. The number of hydrogen-bond acceptors (Lipinski definition) is 5. The fraction of sp³-hybridized carbons (Fsp3) is 0.105. The standard InChI is InChI=1S/C19H17BrN4O3/c1-27-18-7-2-13(8-15(18)11-24-12-16(20)10-22-24)9-21-23-19(26)14-3-5-17(25)6-4-14/h2-10,12,25H,11H2,1H3,(H,23,26)/b21-9+. The molecule has 0 unspecified atom stereocenters. The summed E-state index contributed by atoms with van der Waals surface area (Å²) < 4.78 is 8.09. The minimum atomic E-state index is -0.360. The number of carbonyl (C=O) groups is 1. The summed E-state index contributed by atoms with van der Waals surface area (Å²) in [6, 6.07) is 11.5. The molecule has 0 saturated heterocycles. The first-order chi connectivity index (χ1) is 13.0. The third kappa shape index (κ3) is 4.95. The number of amides is 1. The maximum absolute atomic E-state index is 12.0. The minimum Gasteiger partial charge on any atom is -0.508 e. The maximum atomic E-state index is 12.0. The first-order valence-corrected chi connectivity index (χ1v) is 8.82. The normalized spacial score (nSPS) is 10.9. The Balaban J connectivity index is 1.70. The van der Waals surface area contributed by atoms with Crippen LogP contribution in [0, 0.1) is 0 Å². The Morgan fingerprint density at radius 1 is 1.33 bits per heavy atom. The van der Waals surface area contributed by atoms with E-state index in [0.717, 1.165) is 21.3 Å². The Kier molecular flexibility index (Phi) is 5.87. The van der Waals surface area contributed by atoms with Crippen molar-refractivity contribution in [2.24, 2.45) is 5.10 Å². The molecule has 27 heavy (non-hydrogen) atoms. The molecule has 0 aliphatic heterocycles. The van der Waals surface area contributed by atoms with Crippen LogP contribution in [0.15, 0.2) is 64.4 Å². The number of halogens is 1. The molecule has 0 radical (unpaired) electrons. The number of ether oxygens (including phenoxy) is 1. The summed E-state index contributed by atoms with van der Waals surface area (Å²) in [6.07, 6.45) is 5.15. The lowest BCUT2D eigenvalue weighted by Crippen LogP contribution is -2.17. The van der Waals surface area contributed by atoms with Gasteiger partial charge in [-0.1, -0.05) is 0 Å². The van der Waals surface area contributed by atoms with Crippen molar-refractivity contribution >= 4 is 28.1 Å². The van der Waals surface area contributed by atoms with E-state index in [1.165, 1.54) is 24.3 Å². The smallest absolute Gasteiger partial charge is 0.271 e. The molecular weight excluding hydrogens is 412 g/mol. The van der Waals surface area contributed by atoms with Crippen LogP contribution in [-0.2, 0) is 6.54 Å². The fourth-order valence-corrected chi connectivity index (χ4v) is 2.77. The molecule has 0 bridgehead atoms. The quantitative estimate of drug-likeness (QED) is 0.466. The van der Waals surface area contributed by atoms with E-state index in [-0.39, 0.29) is 11.7 Å². The molecule has 0 spiro atoms. The predicted molar refractivity (Wildman–Crippen MR) is 105 cm³/mol. The molecule has 8 heteroatoms. The summed E-state index contributed by atoms with van der Waals surface area (Å²) in [5.74, 6) is 0.485. The van der Waals surface area contributed by atoms with Gasteiger partial charge >= 0.3 is 0 Å². The van der Waals surface area contributed by atoms with Crippen LogP contribution in [0.1, 0.15) is 21.5 Å². The van der Waals surface area contributed by atoms with Crippen LogP contribution in [0.4, 0.5) is 0 Å². The highest BCUT2D eigenvalue weighted by atomic mass is 79.9. The van der Waals surface area contributed by atoms with Gasteiger partial charge in [0.05, 0.1) is 30.5 Å².